The van der Waals surface area contributed by atoms with Gasteiger partial charge in [-0.15, -0.1) is 0 Å². The predicted octanol–water partition coefficient (Wildman–Crippen LogP) is 2.57. The number of rotatable bonds is 3. The fourth-order valence-corrected chi connectivity index (χ4v) is 2.64. The van der Waals surface area contributed by atoms with Gasteiger partial charge < -0.3 is 10.6 Å². The lowest BCUT2D eigenvalue weighted by atomic mass is 9.88. The van der Waals surface area contributed by atoms with Crippen molar-refractivity contribution in [2.75, 3.05) is 6.54 Å². The monoisotopic (exact) mass is 260 g/mol. The van der Waals surface area contributed by atoms with Crippen molar-refractivity contribution in [1.29, 1.82) is 0 Å². The van der Waals surface area contributed by atoms with Gasteiger partial charge in [-0.1, -0.05) is 24.3 Å². The van der Waals surface area contributed by atoms with Gasteiger partial charge in [-0.25, -0.2) is 0 Å². The van der Waals surface area contributed by atoms with Crippen LogP contribution in [0.3, 0.4) is 0 Å². The minimum absolute atomic E-state index is 0.0653. The number of nitrogens with one attached hydrogen (secondary N) is 2. The minimum atomic E-state index is -0.163. The largest absolute Gasteiger partial charge is 0.350 e. The van der Waals surface area contributed by atoms with E-state index in [4.69, 9.17) is 0 Å². The molecule has 2 N–H and O–H groups in total. The smallest absolute Gasteiger partial charge is 0.234 e. The van der Waals surface area contributed by atoms with Crippen LogP contribution in [-0.2, 0) is 11.2 Å². The standard InChI is InChI=1S/C16H24N2O/c1-16(2,3)18-15(19)11-17-14-10-6-8-12-7-4-5-9-13(12)14/h4-5,7,9,14,17H,6,8,10-11H2,1-3H3,(H,18,19). The lowest BCUT2D eigenvalue weighted by Gasteiger charge is -2.27. The first-order valence-corrected chi connectivity index (χ1v) is 7.08. The number of amides is 1. The van der Waals surface area contributed by atoms with Crippen molar-refractivity contribution in [2.45, 2.75) is 51.6 Å². The lowest BCUT2D eigenvalue weighted by Crippen LogP contribution is -2.45. The Morgan fingerprint density at radius 2 is 2.05 bits per heavy atom. The number of hydrogen-bond donors (Lipinski definition) is 2. The van der Waals surface area contributed by atoms with Crippen molar-refractivity contribution in [2.24, 2.45) is 0 Å². The Morgan fingerprint density at radius 3 is 2.79 bits per heavy atom. The highest BCUT2D eigenvalue weighted by Gasteiger charge is 2.20. The molecular weight excluding hydrogens is 236 g/mol. The maximum Gasteiger partial charge on any atom is 0.234 e. The zero-order chi connectivity index (χ0) is 13.9. The Bertz CT molecular complexity index is 448. The van der Waals surface area contributed by atoms with Crippen molar-refractivity contribution in [3.8, 4) is 0 Å². The molecule has 0 saturated heterocycles. The Hall–Kier alpha value is -1.35. The number of carbonyl (C=O) groups excluding carboxylic acids is 1. The molecule has 0 aromatic heterocycles. The Morgan fingerprint density at radius 1 is 1.32 bits per heavy atom. The molecular formula is C16H24N2O. The van der Waals surface area contributed by atoms with E-state index < -0.39 is 0 Å². The van der Waals surface area contributed by atoms with Gasteiger partial charge in [0.1, 0.15) is 0 Å². The van der Waals surface area contributed by atoms with E-state index in [2.05, 4.69) is 34.9 Å². The Balaban J connectivity index is 1.93. The third-order valence-electron chi connectivity index (χ3n) is 3.39. The molecule has 3 nitrogen and oxygen atoms in total. The zero-order valence-electron chi connectivity index (χ0n) is 12.1. The molecule has 1 unspecified atom stereocenters. The van der Waals surface area contributed by atoms with Gasteiger partial charge in [-0.3, -0.25) is 4.79 Å². The summed E-state index contributed by atoms with van der Waals surface area (Å²) in [5.74, 6) is 0.0653. The van der Waals surface area contributed by atoms with E-state index in [0.717, 1.165) is 12.8 Å². The number of fused-ring (bicyclic) bond motifs is 1. The first-order valence-electron chi connectivity index (χ1n) is 7.08. The average Bonchev–Trinajstić information content (AvgIpc) is 2.34. The van der Waals surface area contributed by atoms with Crippen molar-refractivity contribution < 1.29 is 4.79 Å². The molecule has 19 heavy (non-hydrogen) atoms. The van der Waals surface area contributed by atoms with E-state index in [-0.39, 0.29) is 11.4 Å². The number of hydrogen-bond acceptors (Lipinski definition) is 2. The van der Waals surface area contributed by atoms with Crippen molar-refractivity contribution in [1.82, 2.24) is 10.6 Å². The highest BCUT2D eigenvalue weighted by Crippen LogP contribution is 2.29. The molecule has 0 saturated carbocycles. The van der Waals surface area contributed by atoms with Gasteiger partial charge in [0.25, 0.3) is 0 Å². The summed E-state index contributed by atoms with van der Waals surface area (Å²) in [6, 6.07) is 8.85. The van der Waals surface area contributed by atoms with Crippen LogP contribution in [0.25, 0.3) is 0 Å². The molecule has 0 spiro atoms. The quantitative estimate of drug-likeness (QED) is 0.877. The number of aryl methyl sites for hydroxylation is 1. The van der Waals surface area contributed by atoms with E-state index in [1.807, 2.05) is 20.8 Å². The number of benzene rings is 1. The molecule has 1 amide bonds. The van der Waals surface area contributed by atoms with Crippen LogP contribution in [0.4, 0.5) is 0 Å². The second-order valence-corrected chi connectivity index (χ2v) is 6.32. The molecule has 0 heterocycles. The highest BCUT2D eigenvalue weighted by atomic mass is 16.2. The van der Waals surface area contributed by atoms with Crippen LogP contribution < -0.4 is 10.6 Å². The van der Waals surface area contributed by atoms with Crippen LogP contribution in [0.2, 0.25) is 0 Å². The van der Waals surface area contributed by atoms with Gasteiger partial charge in [0.15, 0.2) is 0 Å². The molecule has 104 valence electrons. The van der Waals surface area contributed by atoms with Gasteiger partial charge in [0.05, 0.1) is 6.54 Å². The van der Waals surface area contributed by atoms with Crippen molar-refractivity contribution >= 4 is 5.91 Å². The van der Waals surface area contributed by atoms with Crippen LogP contribution in [-0.4, -0.2) is 18.0 Å². The summed E-state index contributed by atoms with van der Waals surface area (Å²) in [7, 11) is 0. The summed E-state index contributed by atoms with van der Waals surface area (Å²) in [4.78, 5) is 11.8. The summed E-state index contributed by atoms with van der Waals surface area (Å²) in [6.07, 6.45) is 3.46. The molecule has 0 aliphatic heterocycles. The topological polar surface area (TPSA) is 41.1 Å². The number of carbonyl (C=O) groups is 1. The fraction of sp³-hybridized carbons (Fsp3) is 0.562. The molecule has 0 radical (unpaired) electrons. The first-order chi connectivity index (χ1) is 8.96. The fourth-order valence-electron chi connectivity index (χ4n) is 2.64. The molecule has 0 fully saturated rings. The van der Waals surface area contributed by atoms with Crippen LogP contribution in [0.5, 0.6) is 0 Å². The van der Waals surface area contributed by atoms with Crippen LogP contribution in [0.15, 0.2) is 24.3 Å². The Kier molecular flexibility index (Phi) is 4.25. The first kappa shape index (κ1) is 14.1. The van der Waals surface area contributed by atoms with Crippen molar-refractivity contribution in [3.63, 3.8) is 0 Å². The van der Waals surface area contributed by atoms with Gasteiger partial charge in [-0.2, -0.15) is 0 Å². The van der Waals surface area contributed by atoms with Crippen LogP contribution in [0, 0.1) is 0 Å². The van der Waals surface area contributed by atoms with Crippen LogP contribution >= 0.6 is 0 Å². The lowest BCUT2D eigenvalue weighted by molar-refractivity contribution is -0.121. The molecule has 1 atom stereocenters. The maximum absolute atomic E-state index is 11.8. The van der Waals surface area contributed by atoms with E-state index in [0.29, 0.717) is 12.6 Å². The minimum Gasteiger partial charge on any atom is -0.350 e. The predicted molar refractivity (Wildman–Crippen MR) is 78.0 cm³/mol. The average molecular weight is 260 g/mol. The molecule has 1 aliphatic carbocycles. The third-order valence-corrected chi connectivity index (χ3v) is 3.39. The van der Waals surface area contributed by atoms with Gasteiger partial charge in [0, 0.05) is 11.6 Å². The molecule has 1 aliphatic rings. The highest BCUT2D eigenvalue weighted by molar-refractivity contribution is 5.78. The van der Waals surface area contributed by atoms with E-state index >= 15 is 0 Å². The summed E-state index contributed by atoms with van der Waals surface area (Å²) >= 11 is 0. The second-order valence-electron chi connectivity index (χ2n) is 6.32. The van der Waals surface area contributed by atoms with Gasteiger partial charge >= 0.3 is 0 Å². The van der Waals surface area contributed by atoms with Crippen molar-refractivity contribution in [3.05, 3.63) is 35.4 Å². The SMILES string of the molecule is CC(C)(C)NC(=O)CNC1CCCc2ccccc21. The summed E-state index contributed by atoms with van der Waals surface area (Å²) in [6.45, 7) is 6.39. The third kappa shape index (κ3) is 4.06. The maximum atomic E-state index is 11.8. The molecule has 1 aromatic carbocycles. The molecule has 3 heteroatoms. The molecule has 0 bridgehead atoms. The molecule has 2 rings (SSSR count). The normalized spacial score (nSPS) is 18.8. The summed E-state index contributed by atoms with van der Waals surface area (Å²) < 4.78 is 0. The van der Waals surface area contributed by atoms with Crippen LogP contribution in [0.1, 0.15) is 50.8 Å². The molecule has 1 aromatic rings. The Labute approximate surface area is 115 Å². The second kappa shape index (κ2) is 5.74. The van der Waals surface area contributed by atoms with E-state index in [1.54, 1.807) is 0 Å². The van der Waals surface area contributed by atoms with E-state index in [9.17, 15) is 4.79 Å². The summed E-state index contributed by atoms with van der Waals surface area (Å²) in [5, 5.41) is 6.37. The van der Waals surface area contributed by atoms with Gasteiger partial charge in [0.2, 0.25) is 5.91 Å². The van der Waals surface area contributed by atoms with E-state index in [1.165, 1.54) is 17.5 Å². The van der Waals surface area contributed by atoms with Gasteiger partial charge in [-0.05, 0) is 51.2 Å². The zero-order valence-corrected chi connectivity index (χ0v) is 12.1. The summed E-state index contributed by atoms with van der Waals surface area (Å²) in [5.41, 5.74) is 2.61.